The molecule has 27 heavy (non-hydrogen) atoms. The van der Waals surface area contributed by atoms with Gasteiger partial charge in [0.2, 0.25) is 0 Å². The summed E-state index contributed by atoms with van der Waals surface area (Å²) in [5, 5.41) is 3.28. The summed E-state index contributed by atoms with van der Waals surface area (Å²) < 4.78 is 5.29. The summed E-state index contributed by atoms with van der Waals surface area (Å²) in [6.45, 7) is 2.90. The number of nitrogens with one attached hydrogen (secondary N) is 1. The Morgan fingerprint density at radius 2 is 2.00 bits per heavy atom. The standard InChI is InChI=1S/C21H29N3O3/c1-14-10-11-24(18-5-3-2-4-17(14)18)20(25)13-27-21(26)15-6-9-19(22-12-15)23-16-7-8-16/h6,9,12,14,16-18H,2-5,7-8,10-11,13H2,1H3,(H,22,23)/t14-,17-,18+/m1/s1. The van der Waals surface area contributed by atoms with Gasteiger partial charge in [0, 0.05) is 24.8 Å². The minimum Gasteiger partial charge on any atom is -0.452 e. The lowest BCUT2D eigenvalue weighted by molar-refractivity contribution is -0.142. The van der Waals surface area contributed by atoms with Gasteiger partial charge in [-0.1, -0.05) is 19.8 Å². The van der Waals surface area contributed by atoms with E-state index in [1.807, 2.05) is 4.90 Å². The third-order valence-corrected chi connectivity index (χ3v) is 6.31. The van der Waals surface area contributed by atoms with Gasteiger partial charge in [0.25, 0.3) is 5.91 Å². The van der Waals surface area contributed by atoms with E-state index in [2.05, 4.69) is 17.2 Å². The molecule has 1 aliphatic heterocycles. The summed E-state index contributed by atoms with van der Waals surface area (Å²) >= 11 is 0. The molecular weight excluding hydrogens is 342 g/mol. The number of esters is 1. The maximum atomic E-state index is 12.7. The molecule has 6 heteroatoms. The van der Waals surface area contributed by atoms with E-state index in [4.69, 9.17) is 4.74 Å². The van der Waals surface area contributed by atoms with Crippen molar-refractivity contribution < 1.29 is 14.3 Å². The minimum atomic E-state index is -0.487. The summed E-state index contributed by atoms with van der Waals surface area (Å²) in [7, 11) is 0. The molecule has 1 N–H and O–H groups in total. The van der Waals surface area contributed by atoms with Crippen molar-refractivity contribution in [3.63, 3.8) is 0 Å². The molecule has 2 aliphatic carbocycles. The van der Waals surface area contributed by atoms with Crippen molar-refractivity contribution in [1.29, 1.82) is 0 Å². The summed E-state index contributed by atoms with van der Waals surface area (Å²) in [6, 6.07) is 4.33. The molecule has 0 radical (unpaired) electrons. The van der Waals surface area contributed by atoms with Gasteiger partial charge in [-0.3, -0.25) is 4.79 Å². The second-order valence-electron chi connectivity index (χ2n) is 8.30. The largest absolute Gasteiger partial charge is 0.452 e. The molecule has 4 rings (SSSR count). The third-order valence-electron chi connectivity index (χ3n) is 6.31. The van der Waals surface area contributed by atoms with E-state index in [1.165, 1.54) is 38.3 Å². The number of anilines is 1. The monoisotopic (exact) mass is 371 g/mol. The Labute approximate surface area is 160 Å². The van der Waals surface area contributed by atoms with Crippen LogP contribution in [-0.4, -0.2) is 47.0 Å². The van der Waals surface area contributed by atoms with Crippen LogP contribution in [0.2, 0.25) is 0 Å². The van der Waals surface area contributed by atoms with Crippen molar-refractivity contribution in [3.05, 3.63) is 23.9 Å². The first kappa shape index (κ1) is 18.3. The van der Waals surface area contributed by atoms with Gasteiger partial charge in [0.15, 0.2) is 6.61 Å². The topological polar surface area (TPSA) is 71.5 Å². The van der Waals surface area contributed by atoms with E-state index < -0.39 is 5.97 Å². The number of likely N-dealkylation sites (tertiary alicyclic amines) is 1. The normalized spacial score (nSPS) is 27.6. The molecule has 3 atom stereocenters. The van der Waals surface area contributed by atoms with Crippen molar-refractivity contribution in [2.45, 2.75) is 64.0 Å². The van der Waals surface area contributed by atoms with Gasteiger partial charge in [0.05, 0.1) is 5.56 Å². The average Bonchev–Trinajstić information content (AvgIpc) is 3.51. The van der Waals surface area contributed by atoms with Crippen LogP contribution >= 0.6 is 0 Å². The predicted molar refractivity (Wildman–Crippen MR) is 102 cm³/mol. The van der Waals surface area contributed by atoms with Gasteiger partial charge in [0.1, 0.15) is 5.82 Å². The number of pyridine rings is 1. The van der Waals surface area contributed by atoms with Crippen molar-refractivity contribution in [2.24, 2.45) is 11.8 Å². The molecule has 6 nitrogen and oxygen atoms in total. The zero-order valence-electron chi connectivity index (χ0n) is 16.0. The second-order valence-corrected chi connectivity index (χ2v) is 8.30. The lowest BCUT2D eigenvalue weighted by Crippen LogP contribution is -2.53. The van der Waals surface area contributed by atoms with Crippen LogP contribution in [0.15, 0.2) is 18.3 Å². The molecule has 3 aliphatic rings. The summed E-state index contributed by atoms with van der Waals surface area (Å²) in [6.07, 6.45) is 9.63. The molecule has 2 saturated carbocycles. The average molecular weight is 371 g/mol. The lowest BCUT2D eigenvalue weighted by atomic mass is 9.72. The molecule has 0 aromatic carbocycles. The number of piperidine rings is 1. The van der Waals surface area contributed by atoms with E-state index in [-0.39, 0.29) is 12.5 Å². The Kier molecular flexibility index (Phi) is 5.32. The summed E-state index contributed by atoms with van der Waals surface area (Å²) in [4.78, 5) is 31.2. The van der Waals surface area contributed by atoms with E-state index >= 15 is 0 Å². The van der Waals surface area contributed by atoms with Crippen molar-refractivity contribution in [1.82, 2.24) is 9.88 Å². The molecule has 146 valence electrons. The zero-order valence-corrected chi connectivity index (χ0v) is 16.0. The van der Waals surface area contributed by atoms with E-state index in [1.54, 1.807) is 12.1 Å². The van der Waals surface area contributed by atoms with E-state index in [9.17, 15) is 9.59 Å². The maximum Gasteiger partial charge on any atom is 0.340 e. The first-order valence-electron chi connectivity index (χ1n) is 10.3. The van der Waals surface area contributed by atoms with Gasteiger partial charge in [-0.2, -0.15) is 0 Å². The highest BCUT2D eigenvalue weighted by atomic mass is 16.5. The van der Waals surface area contributed by atoms with Crippen LogP contribution in [-0.2, 0) is 9.53 Å². The maximum absolute atomic E-state index is 12.7. The summed E-state index contributed by atoms with van der Waals surface area (Å²) in [5.41, 5.74) is 0.381. The number of hydrogen-bond acceptors (Lipinski definition) is 5. The Morgan fingerprint density at radius 1 is 1.19 bits per heavy atom. The number of ether oxygens (including phenoxy) is 1. The Bertz CT molecular complexity index is 686. The van der Waals surface area contributed by atoms with Crippen molar-refractivity contribution in [2.75, 3.05) is 18.5 Å². The van der Waals surface area contributed by atoms with Crippen LogP contribution in [0.4, 0.5) is 5.82 Å². The molecular formula is C21H29N3O3. The third kappa shape index (κ3) is 4.25. The Balaban J connectivity index is 1.30. The number of hydrogen-bond donors (Lipinski definition) is 1. The van der Waals surface area contributed by atoms with Crippen LogP contribution in [0.25, 0.3) is 0 Å². The molecule has 1 aromatic rings. The molecule has 0 spiro atoms. The fraction of sp³-hybridized carbons (Fsp3) is 0.667. The number of fused-ring (bicyclic) bond motifs is 1. The van der Waals surface area contributed by atoms with Gasteiger partial charge in [-0.05, 0) is 56.1 Å². The van der Waals surface area contributed by atoms with Crippen LogP contribution in [0, 0.1) is 11.8 Å². The number of rotatable bonds is 5. The van der Waals surface area contributed by atoms with Gasteiger partial charge in [-0.25, -0.2) is 9.78 Å². The zero-order chi connectivity index (χ0) is 18.8. The highest BCUT2D eigenvalue weighted by Gasteiger charge is 2.39. The van der Waals surface area contributed by atoms with E-state index in [0.29, 0.717) is 29.5 Å². The fourth-order valence-electron chi connectivity index (χ4n) is 4.55. The highest BCUT2D eigenvalue weighted by molar-refractivity contribution is 5.91. The molecule has 1 saturated heterocycles. The smallest absolute Gasteiger partial charge is 0.340 e. The number of carbonyl (C=O) groups excluding carboxylic acids is 2. The van der Waals surface area contributed by atoms with Crippen molar-refractivity contribution in [3.8, 4) is 0 Å². The molecule has 0 bridgehead atoms. The minimum absolute atomic E-state index is 0.0628. The van der Waals surface area contributed by atoms with Crippen LogP contribution in [0.3, 0.4) is 0 Å². The first-order chi connectivity index (χ1) is 13.1. The number of nitrogens with zero attached hydrogens (tertiary/aromatic N) is 2. The van der Waals surface area contributed by atoms with E-state index in [0.717, 1.165) is 25.2 Å². The molecule has 3 fully saturated rings. The number of amides is 1. The number of aromatic nitrogens is 1. The Morgan fingerprint density at radius 3 is 2.74 bits per heavy atom. The lowest BCUT2D eigenvalue weighted by Gasteiger charge is -2.47. The molecule has 1 aromatic heterocycles. The van der Waals surface area contributed by atoms with Crippen LogP contribution in [0.5, 0.6) is 0 Å². The van der Waals surface area contributed by atoms with Crippen LogP contribution in [0.1, 0.15) is 62.2 Å². The van der Waals surface area contributed by atoms with Gasteiger partial charge < -0.3 is 15.0 Å². The Hall–Kier alpha value is -2.11. The highest BCUT2D eigenvalue weighted by Crippen LogP contribution is 2.38. The SMILES string of the molecule is C[C@@H]1CCN(C(=O)COC(=O)c2ccc(NC3CC3)nc2)[C@H]2CCCC[C@H]12. The molecule has 0 unspecified atom stereocenters. The van der Waals surface area contributed by atoms with Crippen molar-refractivity contribution >= 4 is 17.7 Å². The fourth-order valence-corrected chi connectivity index (χ4v) is 4.55. The molecule has 2 heterocycles. The van der Waals surface area contributed by atoms with Gasteiger partial charge >= 0.3 is 5.97 Å². The first-order valence-corrected chi connectivity index (χ1v) is 10.3. The quantitative estimate of drug-likeness (QED) is 0.805. The van der Waals surface area contributed by atoms with Gasteiger partial charge in [-0.15, -0.1) is 0 Å². The summed E-state index contributed by atoms with van der Waals surface area (Å²) in [5.74, 6) is 1.50. The number of carbonyl (C=O) groups is 2. The second kappa shape index (κ2) is 7.87. The predicted octanol–water partition coefficient (Wildman–Crippen LogP) is 3.24. The van der Waals surface area contributed by atoms with Crippen LogP contribution < -0.4 is 5.32 Å². The molecule has 1 amide bonds.